The van der Waals surface area contributed by atoms with Gasteiger partial charge in [0.2, 0.25) is 0 Å². The molecule has 54 valence electrons. The molecule has 1 fully saturated rings. The second-order valence-electron chi connectivity index (χ2n) is 3.68. The van der Waals surface area contributed by atoms with Crippen LogP contribution in [0.5, 0.6) is 0 Å². The number of rotatable bonds is 0. The van der Waals surface area contributed by atoms with Gasteiger partial charge in [-0.3, -0.25) is 0 Å². The maximum Gasteiger partial charge on any atom is 0.00439 e. The minimum Gasteiger partial charge on any atom is -0.328 e. The van der Waals surface area contributed by atoms with E-state index in [0.29, 0.717) is 6.04 Å². The Hall–Kier alpha value is -0.0400. The third kappa shape index (κ3) is 1.98. The zero-order valence-electron chi connectivity index (χ0n) is 6.43. The van der Waals surface area contributed by atoms with Crippen LogP contribution in [0.15, 0.2) is 0 Å². The third-order valence-corrected chi connectivity index (χ3v) is 2.21. The van der Waals surface area contributed by atoms with Crippen molar-refractivity contribution in [3.05, 3.63) is 0 Å². The van der Waals surface area contributed by atoms with Crippen LogP contribution in [0.3, 0.4) is 0 Å². The van der Waals surface area contributed by atoms with Crippen LogP contribution in [-0.4, -0.2) is 6.04 Å². The standard InChI is InChI=1S/C8H17N/c1-6-3-7(2)5-8(9)4-6/h6-8H,3-5,9H2,1-2H3/t6-,7+,8+. The van der Waals surface area contributed by atoms with Gasteiger partial charge in [0.05, 0.1) is 0 Å². The summed E-state index contributed by atoms with van der Waals surface area (Å²) >= 11 is 0. The predicted octanol–water partition coefficient (Wildman–Crippen LogP) is 1.77. The second kappa shape index (κ2) is 2.70. The lowest BCUT2D eigenvalue weighted by molar-refractivity contribution is 0.269. The Morgan fingerprint density at radius 3 is 1.78 bits per heavy atom. The molecule has 0 spiro atoms. The molecule has 0 aromatic carbocycles. The first-order valence-corrected chi connectivity index (χ1v) is 3.94. The molecule has 0 saturated heterocycles. The van der Waals surface area contributed by atoms with Crippen LogP contribution in [0.2, 0.25) is 0 Å². The first-order chi connectivity index (χ1) is 4.18. The smallest absolute Gasteiger partial charge is 0.00439 e. The van der Waals surface area contributed by atoms with E-state index in [1.807, 2.05) is 0 Å². The highest BCUT2D eigenvalue weighted by Gasteiger charge is 2.20. The summed E-state index contributed by atoms with van der Waals surface area (Å²) in [6, 6.07) is 0.490. The lowest BCUT2D eigenvalue weighted by atomic mass is 9.81. The lowest BCUT2D eigenvalue weighted by Gasteiger charge is -2.28. The van der Waals surface area contributed by atoms with Gasteiger partial charge in [0.15, 0.2) is 0 Å². The van der Waals surface area contributed by atoms with Gasteiger partial charge in [-0.25, -0.2) is 0 Å². The SMILES string of the molecule is C[C@@H]1C[C@H](C)C[C@@H](N)C1. The fourth-order valence-corrected chi connectivity index (χ4v) is 2.01. The zero-order valence-corrected chi connectivity index (χ0v) is 6.43. The van der Waals surface area contributed by atoms with Crippen LogP contribution in [-0.2, 0) is 0 Å². The van der Waals surface area contributed by atoms with Crippen LogP contribution in [0, 0.1) is 11.8 Å². The maximum absolute atomic E-state index is 5.82. The second-order valence-corrected chi connectivity index (χ2v) is 3.68. The topological polar surface area (TPSA) is 26.0 Å². The lowest BCUT2D eigenvalue weighted by Crippen LogP contribution is -2.30. The fourth-order valence-electron chi connectivity index (χ4n) is 2.01. The van der Waals surface area contributed by atoms with Gasteiger partial charge in [0, 0.05) is 6.04 Å². The Morgan fingerprint density at radius 1 is 1.00 bits per heavy atom. The van der Waals surface area contributed by atoms with Crippen LogP contribution in [0.4, 0.5) is 0 Å². The minimum absolute atomic E-state index is 0.490. The third-order valence-electron chi connectivity index (χ3n) is 2.21. The van der Waals surface area contributed by atoms with Crippen molar-refractivity contribution in [2.24, 2.45) is 17.6 Å². The van der Waals surface area contributed by atoms with E-state index < -0.39 is 0 Å². The molecule has 0 aromatic heterocycles. The van der Waals surface area contributed by atoms with Gasteiger partial charge < -0.3 is 5.73 Å². The van der Waals surface area contributed by atoms with Crippen LogP contribution in [0.25, 0.3) is 0 Å². The molecule has 0 radical (unpaired) electrons. The molecule has 1 nitrogen and oxygen atoms in total. The van der Waals surface area contributed by atoms with Crippen molar-refractivity contribution in [3.63, 3.8) is 0 Å². The molecule has 0 amide bonds. The first-order valence-electron chi connectivity index (χ1n) is 3.94. The molecule has 1 rings (SSSR count). The number of hydrogen-bond acceptors (Lipinski definition) is 1. The molecule has 1 aliphatic rings. The number of hydrogen-bond donors (Lipinski definition) is 1. The number of nitrogens with two attached hydrogens (primary N) is 1. The minimum atomic E-state index is 0.490. The van der Waals surface area contributed by atoms with Crippen LogP contribution >= 0.6 is 0 Å². The average Bonchev–Trinajstić information content (AvgIpc) is 1.59. The Labute approximate surface area is 57.6 Å². The Bertz CT molecular complexity index is 65.5. The molecule has 0 unspecified atom stereocenters. The molecule has 1 saturated carbocycles. The van der Waals surface area contributed by atoms with Crippen LogP contribution < -0.4 is 5.73 Å². The van der Waals surface area contributed by atoms with Gasteiger partial charge in [-0.1, -0.05) is 13.8 Å². The highest BCUT2D eigenvalue weighted by atomic mass is 14.6. The van der Waals surface area contributed by atoms with Crippen molar-refractivity contribution < 1.29 is 0 Å². The van der Waals surface area contributed by atoms with Crippen molar-refractivity contribution in [2.45, 2.75) is 39.2 Å². The largest absolute Gasteiger partial charge is 0.328 e. The molecule has 1 heteroatoms. The molecule has 9 heavy (non-hydrogen) atoms. The average molecular weight is 127 g/mol. The Morgan fingerprint density at radius 2 is 1.44 bits per heavy atom. The van der Waals surface area contributed by atoms with Gasteiger partial charge in [-0.15, -0.1) is 0 Å². The fraction of sp³-hybridized carbons (Fsp3) is 1.00. The molecule has 0 heterocycles. The molecule has 0 aromatic rings. The van der Waals surface area contributed by atoms with Gasteiger partial charge in [-0.2, -0.15) is 0 Å². The molecule has 3 atom stereocenters. The van der Waals surface area contributed by atoms with E-state index in [-0.39, 0.29) is 0 Å². The van der Waals surface area contributed by atoms with Gasteiger partial charge in [-0.05, 0) is 31.1 Å². The maximum atomic E-state index is 5.82. The van der Waals surface area contributed by atoms with Crippen molar-refractivity contribution >= 4 is 0 Å². The summed E-state index contributed by atoms with van der Waals surface area (Å²) in [7, 11) is 0. The van der Waals surface area contributed by atoms with Crippen LogP contribution in [0.1, 0.15) is 33.1 Å². The molecule has 1 aliphatic carbocycles. The van der Waals surface area contributed by atoms with Gasteiger partial charge >= 0.3 is 0 Å². The predicted molar refractivity (Wildman–Crippen MR) is 40.2 cm³/mol. The summed E-state index contributed by atoms with van der Waals surface area (Å²) in [5.41, 5.74) is 5.82. The van der Waals surface area contributed by atoms with E-state index in [9.17, 15) is 0 Å². The highest BCUT2D eigenvalue weighted by Crippen LogP contribution is 2.26. The Kier molecular flexibility index (Phi) is 2.12. The summed E-state index contributed by atoms with van der Waals surface area (Å²) in [5.74, 6) is 1.73. The van der Waals surface area contributed by atoms with Crippen molar-refractivity contribution in [1.82, 2.24) is 0 Å². The first kappa shape index (κ1) is 7.07. The zero-order chi connectivity index (χ0) is 6.85. The quantitative estimate of drug-likeness (QED) is 0.527. The molecule has 0 aliphatic heterocycles. The summed E-state index contributed by atoms with van der Waals surface area (Å²) < 4.78 is 0. The van der Waals surface area contributed by atoms with Crippen molar-refractivity contribution in [3.8, 4) is 0 Å². The molecule has 2 N–H and O–H groups in total. The molecular weight excluding hydrogens is 110 g/mol. The van der Waals surface area contributed by atoms with E-state index in [1.165, 1.54) is 19.3 Å². The summed E-state index contributed by atoms with van der Waals surface area (Å²) in [4.78, 5) is 0. The Balaban J connectivity index is 2.34. The summed E-state index contributed by atoms with van der Waals surface area (Å²) in [6.07, 6.45) is 3.86. The van der Waals surface area contributed by atoms with Crippen molar-refractivity contribution in [1.29, 1.82) is 0 Å². The monoisotopic (exact) mass is 127 g/mol. The summed E-state index contributed by atoms with van der Waals surface area (Å²) in [6.45, 7) is 4.60. The van der Waals surface area contributed by atoms with E-state index in [4.69, 9.17) is 5.73 Å². The molecule has 0 bridgehead atoms. The van der Waals surface area contributed by atoms with Gasteiger partial charge in [0.1, 0.15) is 0 Å². The summed E-state index contributed by atoms with van der Waals surface area (Å²) in [5, 5.41) is 0. The normalized spacial score (nSPS) is 45.0. The molecular formula is C8H17N. The van der Waals surface area contributed by atoms with E-state index in [0.717, 1.165) is 11.8 Å². The van der Waals surface area contributed by atoms with Gasteiger partial charge in [0.25, 0.3) is 0 Å². The van der Waals surface area contributed by atoms with Crippen molar-refractivity contribution in [2.75, 3.05) is 0 Å². The van der Waals surface area contributed by atoms with E-state index in [1.54, 1.807) is 0 Å². The highest BCUT2D eigenvalue weighted by molar-refractivity contribution is 4.76. The van der Waals surface area contributed by atoms with E-state index >= 15 is 0 Å². The van der Waals surface area contributed by atoms with E-state index in [2.05, 4.69) is 13.8 Å².